The molecule has 0 aliphatic carbocycles. The molecule has 0 radical (unpaired) electrons. The van der Waals surface area contributed by atoms with Gasteiger partial charge in [0.1, 0.15) is 50.0 Å². The summed E-state index contributed by atoms with van der Waals surface area (Å²) < 4.78 is 59.9. The molecule has 58 heavy (non-hydrogen) atoms. The van der Waals surface area contributed by atoms with Gasteiger partial charge in [0.2, 0.25) is 35.5 Å². The zero-order valence-electron chi connectivity index (χ0n) is 32.7. The Balaban J connectivity index is 0.000000453. The second-order valence-corrected chi connectivity index (χ2v) is 15.8. The predicted octanol–water partition coefficient (Wildman–Crippen LogP) is 1.89. The Morgan fingerprint density at radius 1 is 0.586 bits per heavy atom. The van der Waals surface area contributed by atoms with Crippen molar-refractivity contribution in [3.05, 3.63) is 54.7 Å². The van der Waals surface area contributed by atoms with Crippen LogP contribution in [0.1, 0.15) is 27.7 Å². The molecule has 0 fully saturated rings. The molecule has 24 nitrogen and oxygen atoms in total. The second-order valence-electron chi connectivity index (χ2n) is 12.3. The van der Waals surface area contributed by atoms with Crippen LogP contribution >= 0.6 is 15.2 Å². The van der Waals surface area contributed by atoms with E-state index in [1.807, 2.05) is 0 Å². The van der Waals surface area contributed by atoms with Gasteiger partial charge in [-0.15, -0.1) is 0 Å². The third-order valence-corrected chi connectivity index (χ3v) is 8.08. The predicted molar refractivity (Wildman–Crippen MR) is 217 cm³/mol. The first-order chi connectivity index (χ1) is 27.0. The van der Waals surface area contributed by atoms with Gasteiger partial charge >= 0.3 is 15.2 Å². The van der Waals surface area contributed by atoms with Gasteiger partial charge in [-0.1, -0.05) is 19.7 Å². The molecule has 324 valence electrons. The van der Waals surface area contributed by atoms with Crippen LogP contribution in [0.15, 0.2) is 54.7 Å². The molecule has 0 aliphatic rings. The highest BCUT2D eigenvalue weighted by Gasteiger charge is 2.28. The van der Waals surface area contributed by atoms with Gasteiger partial charge in [-0.3, -0.25) is 9.13 Å². The van der Waals surface area contributed by atoms with Gasteiger partial charge in [0.25, 0.3) is 0 Å². The number of rotatable bonds is 22. The number of nitrogens with two attached hydrogens (primary N) is 6. The van der Waals surface area contributed by atoms with E-state index in [0.717, 1.165) is 0 Å². The Bertz CT molecular complexity index is 1810. The number of anilines is 6. The summed E-state index contributed by atoms with van der Waals surface area (Å²) in [5, 5.41) is 8.66. The van der Waals surface area contributed by atoms with Gasteiger partial charge in [0, 0.05) is 18.2 Å². The summed E-state index contributed by atoms with van der Waals surface area (Å²) in [4.78, 5) is 39.7. The molecule has 0 saturated carbocycles. The smallest absolute Gasteiger partial charge is 0.356 e. The van der Waals surface area contributed by atoms with E-state index in [1.54, 1.807) is 27.7 Å². The summed E-state index contributed by atoms with van der Waals surface area (Å²) in [5.74, 6) is 1.37. The number of aromatic nitrogens is 6. The summed E-state index contributed by atoms with van der Waals surface area (Å²) in [6, 6.07) is 4.28. The molecule has 0 spiro atoms. The highest BCUT2D eigenvalue weighted by molar-refractivity contribution is 7.53. The lowest BCUT2D eigenvalue weighted by Crippen LogP contribution is -2.14. The summed E-state index contributed by atoms with van der Waals surface area (Å²) in [6.45, 7) is 18.4. The number of aliphatic hydroxyl groups excluding tert-OH is 1. The van der Waals surface area contributed by atoms with Crippen molar-refractivity contribution in [2.45, 2.75) is 39.9 Å². The number of nitrogen functional groups attached to an aromatic ring is 6. The van der Waals surface area contributed by atoms with Crippen molar-refractivity contribution in [1.82, 2.24) is 29.9 Å². The normalized spacial score (nSPS) is 11.2. The molecule has 0 unspecified atom stereocenters. The number of ether oxygens (including phenoxy) is 5. The van der Waals surface area contributed by atoms with Crippen molar-refractivity contribution in [2.24, 2.45) is 0 Å². The Morgan fingerprint density at radius 2 is 0.914 bits per heavy atom. The Kier molecular flexibility index (Phi) is 22.1. The molecular weight excluding hydrogens is 806 g/mol. The molecule has 0 aromatic carbocycles. The molecule has 0 saturated heterocycles. The molecule has 0 aliphatic heterocycles. The van der Waals surface area contributed by atoms with E-state index in [-0.39, 0.29) is 111 Å². The molecule has 3 aromatic heterocycles. The Morgan fingerprint density at radius 3 is 1.21 bits per heavy atom. The number of nitrogens with zero attached hydrogens (tertiary/aromatic N) is 6. The summed E-state index contributed by atoms with van der Waals surface area (Å²) >= 11 is 0. The minimum atomic E-state index is -4.17. The molecule has 0 amide bonds. The topological polar surface area (TPSA) is 393 Å². The monoisotopic (exact) mass is 860 g/mol. The first-order valence-electron chi connectivity index (χ1n) is 16.8. The summed E-state index contributed by atoms with van der Waals surface area (Å²) in [5.41, 5.74) is 34.3. The van der Waals surface area contributed by atoms with Crippen LogP contribution in [0.5, 0.6) is 17.6 Å². The minimum Gasteiger partial charge on any atom is -0.473 e. The lowest BCUT2D eigenvalue weighted by molar-refractivity contribution is 0.104. The fourth-order valence-corrected chi connectivity index (χ4v) is 5.70. The molecule has 3 aromatic rings. The number of hydrogen-bond acceptors (Lipinski definition) is 22. The molecule has 15 N–H and O–H groups in total. The van der Waals surface area contributed by atoms with E-state index in [0.29, 0.717) is 16.7 Å². The summed E-state index contributed by atoms with van der Waals surface area (Å²) in [7, 11) is -7.51. The van der Waals surface area contributed by atoms with Crippen molar-refractivity contribution in [2.75, 3.05) is 86.7 Å². The fraction of sp³-hybridized carbons (Fsp3) is 0.438. The Hall–Kier alpha value is -5.16. The van der Waals surface area contributed by atoms with E-state index >= 15 is 0 Å². The van der Waals surface area contributed by atoms with E-state index in [4.69, 9.17) is 82.0 Å². The number of hydrogen-bond donors (Lipinski definition) is 9. The highest BCUT2D eigenvalue weighted by Crippen LogP contribution is 2.50. The highest BCUT2D eigenvalue weighted by atomic mass is 31.2. The maximum absolute atomic E-state index is 12.6. The standard InChI is InChI=1S/C15H27N4O5P.C9H15N4O5P.C8H12N4O2/c1-10(2)23-25(20,24-11(3)4)9-21-7-12(5)8-22-14-6-13(16)18-15(17)19-14;1-6(3-17-5-19(14,15)16)4-18-8-2-7(10)12-9(11)13-8;1-5(3-13)4-14-7-2-6(9)11-8(10)12-7/h6,10-11H,5,7-9H2,1-4H3,(H4,16,17,18,19);2H,1,3-5H2,(H2,14,15,16)(H4,10,11,12,13);2,13H,1,3-4H2,(H4,9,10,11,12). The van der Waals surface area contributed by atoms with Crippen LogP contribution in [0, 0.1) is 0 Å². The largest absolute Gasteiger partial charge is 0.473 e. The first-order valence-corrected chi connectivity index (χ1v) is 20.3. The van der Waals surface area contributed by atoms with Gasteiger partial charge in [-0.2, -0.15) is 29.9 Å². The van der Waals surface area contributed by atoms with E-state index in [2.05, 4.69) is 49.6 Å². The Labute approximate surface area is 335 Å². The van der Waals surface area contributed by atoms with Crippen LogP contribution in [-0.4, -0.2) is 109 Å². The van der Waals surface area contributed by atoms with Crippen LogP contribution in [-0.2, 0) is 27.7 Å². The molecule has 0 atom stereocenters. The molecule has 0 bridgehead atoms. The third-order valence-electron chi connectivity index (χ3n) is 5.58. The van der Waals surface area contributed by atoms with E-state index in [1.165, 1.54) is 18.2 Å². The van der Waals surface area contributed by atoms with Crippen molar-refractivity contribution >= 4 is 50.5 Å². The number of aliphatic hydroxyl groups is 1. The lowest BCUT2D eigenvalue weighted by atomic mass is 10.3. The zero-order valence-corrected chi connectivity index (χ0v) is 34.5. The molecule has 26 heteroatoms. The van der Waals surface area contributed by atoms with Gasteiger partial charge in [0.05, 0.1) is 32.0 Å². The quantitative estimate of drug-likeness (QED) is 0.0514. The van der Waals surface area contributed by atoms with E-state index in [9.17, 15) is 9.13 Å². The van der Waals surface area contributed by atoms with Crippen molar-refractivity contribution in [1.29, 1.82) is 0 Å². The van der Waals surface area contributed by atoms with Gasteiger partial charge in [0.15, 0.2) is 0 Å². The van der Waals surface area contributed by atoms with Crippen LogP contribution in [0.3, 0.4) is 0 Å². The van der Waals surface area contributed by atoms with Crippen molar-refractivity contribution < 1.29 is 56.8 Å². The molecule has 3 rings (SSSR count). The average Bonchev–Trinajstić information content (AvgIpc) is 3.07. The van der Waals surface area contributed by atoms with Crippen molar-refractivity contribution in [3.8, 4) is 17.6 Å². The molecular formula is C32H54N12O12P2. The third kappa shape index (κ3) is 24.5. The molecule has 3 heterocycles. The van der Waals surface area contributed by atoms with Crippen LogP contribution in [0.4, 0.5) is 35.3 Å². The maximum Gasteiger partial charge on any atom is 0.356 e. The van der Waals surface area contributed by atoms with Crippen LogP contribution < -0.4 is 48.6 Å². The minimum absolute atomic E-state index is 0.0154. The SMILES string of the molecule is C=C(CO)COc1cc(N)nc(N)n1.C=C(COCP(=O)(O)O)COc1cc(N)nc(N)n1.C=C(COCP(=O)(OC(C)C)OC(C)C)COc1cc(N)nc(N)n1. The van der Waals surface area contributed by atoms with E-state index < -0.39 is 21.5 Å². The maximum atomic E-state index is 12.6. The van der Waals surface area contributed by atoms with Gasteiger partial charge in [-0.25, -0.2) is 0 Å². The summed E-state index contributed by atoms with van der Waals surface area (Å²) in [6.07, 6.45) is -1.32. The zero-order chi connectivity index (χ0) is 44.1. The fourth-order valence-electron chi connectivity index (χ4n) is 3.60. The van der Waals surface area contributed by atoms with Crippen LogP contribution in [0.2, 0.25) is 0 Å². The van der Waals surface area contributed by atoms with Gasteiger partial charge < -0.3 is 82.0 Å². The van der Waals surface area contributed by atoms with Crippen molar-refractivity contribution in [3.63, 3.8) is 0 Å². The van der Waals surface area contributed by atoms with Crippen LogP contribution in [0.25, 0.3) is 0 Å². The average molecular weight is 861 g/mol. The van der Waals surface area contributed by atoms with Gasteiger partial charge in [-0.05, 0) is 44.4 Å². The first kappa shape index (κ1) is 50.9. The lowest BCUT2D eigenvalue weighted by Gasteiger charge is -2.22. The second kappa shape index (κ2) is 25.3.